The molecule has 1 aliphatic carbocycles. The van der Waals surface area contributed by atoms with E-state index in [1.54, 1.807) is 23.3 Å². The van der Waals surface area contributed by atoms with Gasteiger partial charge in [0.1, 0.15) is 11.3 Å². The summed E-state index contributed by atoms with van der Waals surface area (Å²) in [6.45, 7) is 0.350. The summed E-state index contributed by atoms with van der Waals surface area (Å²) in [5, 5.41) is 18.0. The normalized spacial score (nSPS) is 13.5. The standard InChI is InChI=1S/C26H24ClN7O3/c27-19-7-8-32-15-28-21(23(32)10-19)4-5-24(35)22-14-34(31-30-22)13-20-12-33-11-18(16-1-2-16)9-17(26(33)29-20)3-6-25(36)37/h7-12,14-16H,1-6,13H2,(H,36,37). The number of halogens is 1. The maximum absolute atomic E-state index is 12.8. The van der Waals surface area contributed by atoms with E-state index in [0.717, 1.165) is 41.0 Å². The molecule has 1 aliphatic rings. The minimum absolute atomic E-state index is 0.0578. The highest BCUT2D eigenvalue weighted by atomic mass is 35.5. The molecule has 0 amide bonds. The van der Waals surface area contributed by atoms with E-state index in [0.29, 0.717) is 36.0 Å². The van der Waals surface area contributed by atoms with Crippen molar-refractivity contribution >= 4 is 34.5 Å². The monoisotopic (exact) mass is 517 g/mol. The van der Waals surface area contributed by atoms with Gasteiger partial charge < -0.3 is 13.9 Å². The smallest absolute Gasteiger partial charge is 0.303 e. The number of aromatic nitrogens is 7. The van der Waals surface area contributed by atoms with Crippen molar-refractivity contribution in [3.63, 3.8) is 0 Å². The second kappa shape index (κ2) is 9.44. The first-order valence-electron chi connectivity index (χ1n) is 12.2. The van der Waals surface area contributed by atoms with Gasteiger partial charge in [0, 0.05) is 36.5 Å². The summed E-state index contributed by atoms with van der Waals surface area (Å²) in [7, 11) is 0. The number of nitrogens with zero attached hydrogens (tertiary/aromatic N) is 7. The van der Waals surface area contributed by atoms with Crippen molar-refractivity contribution < 1.29 is 14.7 Å². The van der Waals surface area contributed by atoms with Gasteiger partial charge in [0.15, 0.2) is 5.78 Å². The topological polar surface area (TPSA) is 120 Å². The van der Waals surface area contributed by atoms with Crippen LogP contribution in [-0.2, 0) is 24.2 Å². The molecular weight excluding hydrogens is 494 g/mol. The summed E-state index contributed by atoms with van der Waals surface area (Å²) in [4.78, 5) is 33.1. The Morgan fingerprint density at radius 3 is 2.76 bits per heavy atom. The van der Waals surface area contributed by atoms with Crippen molar-refractivity contribution in [1.29, 1.82) is 0 Å². The number of Topliss-reactive ketones (excluding diaryl/α,β-unsaturated/α-hetero) is 1. The molecule has 5 heterocycles. The third-order valence-corrected chi connectivity index (χ3v) is 6.91. The maximum atomic E-state index is 12.8. The number of aryl methyl sites for hydroxylation is 2. The van der Waals surface area contributed by atoms with Crippen molar-refractivity contribution in [2.24, 2.45) is 0 Å². The van der Waals surface area contributed by atoms with Crippen molar-refractivity contribution in [3.05, 3.63) is 82.5 Å². The van der Waals surface area contributed by atoms with Crippen LogP contribution in [0.15, 0.2) is 49.3 Å². The molecular formula is C26H24ClN7O3. The van der Waals surface area contributed by atoms with Crippen molar-refractivity contribution in [1.82, 2.24) is 33.8 Å². The number of carbonyl (C=O) groups is 2. The van der Waals surface area contributed by atoms with Gasteiger partial charge in [0.2, 0.25) is 0 Å². The Morgan fingerprint density at radius 1 is 1.08 bits per heavy atom. The molecule has 0 spiro atoms. The van der Waals surface area contributed by atoms with Gasteiger partial charge in [0.25, 0.3) is 0 Å². The minimum atomic E-state index is -0.827. The van der Waals surface area contributed by atoms with Crippen LogP contribution in [0.2, 0.25) is 5.02 Å². The van der Waals surface area contributed by atoms with E-state index in [9.17, 15) is 9.59 Å². The number of carbonyl (C=O) groups excluding carboxylic acids is 1. The molecule has 0 saturated heterocycles. The molecule has 6 rings (SSSR count). The summed E-state index contributed by atoms with van der Waals surface area (Å²) >= 11 is 6.10. The number of imidazole rings is 2. The Bertz CT molecular complexity index is 1650. The lowest BCUT2D eigenvalue weighted by atomic mass is 10.1. The molecule has 10 nitrogen and oxygen atoms in total. The van der Waals surface area contributed by atoms with E-state index in [-0.39, 0.29) is 18.6 Å². The minimum Gasteiger partial charge on any atom is -0.481 e. The molecule has 0 unspecified atom stereocenters. The van der Waals surface area contributed by atoms with Gasteiger partial charge in [-0.25, -0.2) is 14.6 Å². The molecule has 0 radical (unpaired) electrons. The zero-order valence-electron chi connectivity index (χ0n) is 19.9. The summed E-state index contributed by atoms with van der Waals surface area (Å²) in [5.74, 6) is -0.402. The molecule has 11 heteroatoms. The highest BCUT2D eigenvalue weighted by Crippen LogP contribution is 2.40. The second-order valence-electron chi connectivity index (χ2n) is 9.48. The number of hydrogen-bond donors (Lipinski definition) is 1. The maximum Gasteiger partial charge on any atom is 0.303 e. The Hall–Kier alpha value is -4.05. The number of aliphatic carboxylic acids is 1. The molecule has 1 N–H and O–H groups in total. The number of carboxylic acids is 1. The third kappa shape index (κ3) is 4.97. The van der Waals surface area contributed by atoms with Crippen LogP contribution in [0, 0.1) is 0 Å². The summed E-state index contributed by atoms with van der Waals surface area (Å²) in [5.41, 5.74) is 5.64. The van der Waals surface area contributed by atoms with Gasteiger partial charge in [0.05, 0.1) is 36.0 Å². The Kier molecular flexibility index (Phi) is 5.96. The molecule has 37 heavy (non-hydrogen) atoms. The molecule has 5 aromatic rings. The Labute approximate surface area is 216 Å². The van der Waals surface area contributed by atoms with Crippen molar-refractivity contribution in [2.75, 3.05) is 0 Å². The molecule has 0 aromatic carbocycles. The summed E-state index contributed by atoms with van der Waals surface area (Å²) in [6, 6.07) is 5.71. The van der Waals surface area contributed by atoms with Gasteiger partial charge in [-0.2, -0.15) is 0 Å². The first-order chi connectivity index (χ1) is 17.9. The average molecular weight is 518 g/mol. The molecule has 0 bridgehead atoms. The van der Waals surface area contributed by atoms with E-state index < -0.39 is 5.97 Å². The summed E-state index contributed by atoms with van der Waals surface area (Å²) in [6.07, 6.45) is 12.7. The SMILES string of the molecule is O=C(O)CCc1cc(C2CC2)cn2cc(Cn3cc(C(=O)CCc4ncn5ccc(Cl)cc45)nn3)nc12. The Balaban J connectivity index is 1.16. The van der Waals surface area contributed by atoms with E-state index >= 15 is 0 Å². The van der Waals surface area contributed by atoms with Crippen LogP contribution >= 0.6 is 11.6 Å². The fourth-order valence-corrected chi connectivity index (χ4v) is 4.78. The highest BCUT2D eigenvalue weighted by molar-refractivity contribution is 6.30. The fraction of sp³-hybridized carbons (Fsp3) is 0.308. The van der Waals surface area contributed by atoms with E-state index in [4.69, 9.17) is 21.7 Å². The van der Waals surface area contributed by atoms with Crippen LogP contribution in [-0.4, -0.2) is 50.6 Å². The summed E-state index contributed by atoms with van der Waals surface area (Å²) < 4.78 is 5.45. The van der Waals surface area contributed by atoms with Gasteiger partial charge in [-0.1, -0.05) is 22.9 Å². The van der Waals surface area contributed by atoms with Crippen LogP contribution in [0.1, 0.15) is 64.6 Å². The first kappa shape index (κ1) is 23.4. The highest BCUT2D eigenvalue weighted by Gasteiger charge is 2.25. The molecule has 1 saturated carbocycles. The number of pyridine rings is 2. The van der Waals surface area contributed by atoms with Crippen molar-refractivity contribution in [3.8, 4) is 0 Å². The fourth-order valence-electron chi connectivity index (χ4n) is 4.62. The van der Waals surface area contributed by atoms with E-state index in [1.165, 1.54) is 5.56 Å². The van der Waals surface area contributed by atoms with Crippen molar-refractivity contribution in [2.45, 2.75) is 51.0 Å². The number of rotatable bonds is 10. The zero-order chi connectivity index (χ0) is 25.5. The van der Waals surface area contributed by atoms with E-state index in [2.05, 4.69) is 27.6 Å². The Morgan fingerprint density at radius 2 is 1.95 bits per heavy atom. The van der Waals surface area contributed by atoms with Crippen LogP contribution in [0.4, 0.5) is 0 Å². The molecule has 0 atom stereocenters. The van der Waals surface area contributed by atoms with Crippen LogP contribution < -0.4 is 0 Å². The largest absolute Gasteiger partial charge is 0.481 e. The number of ketones is 1. The predicted molar refractivity (Wildman–Crippen MR) is 135 cm³/mol. The zero-order valence-corrected chi connectivity index (χ0v) is 20.7. The lowest BCUT2D eigenvalue weighted by Crippen LogP contribution is -2.03. The van der Waals surface area contributed by atoms with Gasteiger partial charge >= 0.3 is 5.97 Å². The molecule has 0 aliphatic heterocycles. The van der Waals surface area contributed by atoms with Crippen LogP contribution in [0.5, 0.6) is 0 Å². The van der Waals surface area contributed by atoms with Gasteiger partial charge in [-0.15, -0.1) is 5.10 Å². The quantitative estimate of drug-likeness (QED) is 0.278. The second-order valence-corrected chi connectivity index (χ2v) is 9.92. The lowest BCUT2D eigenvalue weighted by Gasteiger charge is -2.06. The third-order valence-electron chi connectivity index (χ3n) is 6.67. The lowest BCUT2D eigenvalue weighted by molar-refractivity contribution is -0.136. The van der Waals surface area contributed by atoms with Crippen LogP contribution in [0.3, 0.4) is 0 Å². The number of fused-ring (bicyclic) bond motifs is 2. The average Bonchev–Trinajstić information content (AvgIpc) is 3.28. The number of carboxylic acid groups (broad SMARTS) is 1. The molecule has 188 valence electrons. The van der Waals surface area contributed by atoms with E-state index in [1.807, 2.05) is 27.3 Å². The predicted octanol–water partition coefficient (Wildman–Crippen LogP) is 3.99. The molecule has 5 aromatic heterocycles. The molecule has 1 fully saturated rings. The first-order valence-corrected chi connectivity index (χ1v) is 12.6. The van der Waals surface area contributed by atoms with Crippen LogP contribution in [0.25, 0.3) is 11.2 Å². The number of hydrogen-bond acceptors (Lipinski definition) is 6. The van der Waals surface area contributed by atoms with Gasteiger partial charge in [-0.05, 0) is 54.9 Å². The van der Waals surface area contributed by atoms with Gasteiger partial charge in [-0.3, -0.25) is 9.59 Å².